The van der Waals surface area contributed by atoms with E-state index in [0.29, 0.717) is 16.5 Å². The second-order valence-electron chi connectivity index (χ2n) is 6.46. The number of hydrogen-bond acceptors (Lipinski definition) is 3. The molecule has 1 aromatic heterocycles. The molecule has 0 unspecified atom stereocenters. The van der Waals surface area contributed by atoms with Crippen molar-refractivity contribution in [1.29, 1.82) is 0 Å². The average molecular weight is 331 g/mol. The quantitative estimate of drug-likeness (QED) is 0.292. The van der Waals surface area contributed by atoms with Crippen LogP contribution in [0.1, 0.15) is 0 Å². The molecule has 1 heterocycles. The molecule has 0 bridgehead atoms. The number of nitrogens with zero attached hydrogens (tertiary/aromatic N) is 2. The molecule has 0 aliphatic heterocycles. The topological polar surface area (TPSA) is 46.0 Å². The first-order valence-corrected chi connectivity index (χ1v) is 8.49. The minimum Gasteiger partial charge on any atom is -0.506 e. The van der Waals surface area contributed by atoms with Gasteiger partial charge in [0.2, 0.25) is 0 Å². The van der Waals surface area contributed by atoms with E-state index in [1.54, 1.807) is 12.1 Å². The van der Waals surface area contributed by atoms with Gasteiger partial charge in [0.25, 0.3) is 0 Å². The Bertz CT molecular complexity index is 1350. The first-order valence-electron chi connectivity index (χ1n) is 8.49. The van der Waals surface area contributed by atoms with Crippen LogP contribution in [-0.4, -0.2) is 30.2 Å². The summed E-state index contributed by atoms with van der Waals surface area (Å²) in [6, 6.07) is 17.5. The van der Waals surface area contributed by atoms with Crippen molar-refractivity contribution in [1.82, 2.24) is 9.97 Å². The van der Waals surface area contributed by atoms with Crippen molar-refractivity contribution in [2.75, 3.05) is 0 Å². The SMILES string of the molecule is [B]c1ccc2c3ccc([B]C)cc3c3nc4cccc(O)c4nc3c2c1. The van der Waals surface area contributed by atoms with Gasteiger partial charge < -0.3 is 5.11 Å². The molecule has 4 aromatic carbocycles. The molecule has 3 radical (unpaired) electrons. The van der Waals surface area contributed by atoms with Gasteiger partial charge in [-0.2, -0.15) is 0 Å². The van der Waals surface area contributed by atoms with Gasteiger partial charge in [0.15, 0.2) is 0 Å². The minimum atomic E-state index is 0.129. The number of fused-ring (bicyclic) bond motifs is 7. The Kier molecular flexibility index (Phi) is 3.20. The number of aromatic hydroxyl groups is 1. The summed E-state index contributed by atoms with van der Waals surface area (Å²) in [5, 5.41) is 14.4. The van der Waals surface area contributed by atoms with Crippen LogP contribution in [0, 0.1) is 0 Å². The van der Waals surface area contributed by atoms with E-state index in [2.05, 4.69) is 25.5 Å². The number of phenolic OH excluding ortho intramolecular Hbond substituents is 1. The first-order chi connectivity index (χ1) is 12.7. The Morgan fingerprint density at radius 1 is 0.808 bits per heavy atom. The zero-order valence-corrected chi connectivity index (χ0v) is 14.2. The normalized spacial score (nSPS) is 11.6. The molecule has 0 atom stereocenters. The van der Waals surface area contributed by atoms with Crippen molar-refractivity contribution in [2.45, 2.75) is 6.82 Å². The van der Waals surface area contributed by atoms with Crippen molar-refractivity contribution in [2.24, 2.45) is 0 Å². The van der Waals surface area contributed by atoms with Crippen molar-refractivity contribution in [3.8, 4) is 5.75 Å². The predicted molar refractivity (Wildman–Crippen MR) is 110 cm³/mol. The highest BCUT2D eigenvalue weighted by Gasteiger charge is 2.14. The van der Waals surface area contributed by atoms with E-state index >= 15 is 0 Å². The number of rotatable bonds is 1. The smallest absolute Gasteiger partial charge is 0.148 e. The molecule has 0 spiro atoms. The maximum Gasteiger partial charge on any atom is 0.148 e. The standard InChI is InChI=1S/C21H13B2N2O/c1-23-12-6-8-14-13-7-5-11(22)9-15(13)20-19(16(14)10-12)24-17-3-2-4-18(26)21(17)25-20/h2-10,26H,1H3. The lowest BCUT2D eigenvalue weighted by atomic mass is 9.72. The van der Waals surface area contributed by atoms with Gasteiger partial charge in [0.1, 0.15) is 26.4 Å². The van der Waals surface area contributed by atoms with Crippen LogP contribution >= 0.6 is 0 Å². The number of aromatic nitrogens is 2. The zero-order chi connectivity index (χ0) is 17.8. The molecule has 0 saturated heterocycles. The summed E-state index contributed by atoms with van der Waals surface area (Å²) in [6.45, 7) is 2.02. The van der Waals surface area contributed by atoms with E-state index in [9.17, 15) is 5.11 Å². The summed E-state index contributed by atoms with van der Waals surface area (Å²) in [6.07, 6.45) is 0. The van der Waals surface area contributed by atoms with Crippen LogP contribution < -0.4 is 10.9 Å². The third-order valence-corrected chi connectivity index (χ3v) is 4.89. The highest BCUT2D eigenvalue weighted by atomic mass is 16.3. The maximum absolute atomic E-state index is 10.2. The van der Waals surface area contributed by atoms with Crippen molar-refractivity contribution >= 4 is 69.7 Å². The Balaban J connectivity index is 2.11. The molecule has 5 heteroatoms. The molecule has 0 saturated carbocycles. The monoisotopic (exact) mass is 331 g/mol. The van der Waals surface area contributed by atoms with Gasteiger partial charge in [0.05, 0.1) is 16.6 Å². The Morgan fingerprint density at radius 3 is 2.35 bits per heavy atom. The van der Waals surface area contributed by atoms with Crippen LogP contribution in [-0.2, 0) is 0 Å². The Labute approximate surface area is 152 Å². The maximum atomic E-state index is 10.2. The molecule has 0 amide bonds. The molecular formula is C21H13B2N2O. The molecule has 5 rings (SSSR count). The Hall–Kier alpha value is -3.07. The minimum absolute atomic E-state index is 0.129. The van der Waals surface area contributed by atoms with Crippen LogP contribution in [0.2, 0.25) is 6.82 Å². The molecule has 119 valence electrons. The fourth-order valence-corrected chi connectivity index (χ4v) is 3.60. The second-order valence-corrected chi connectivity index (χ2v) is 6.46. The highest BCUT2D eigenvalue weighted by molar-refractivity contribution is 6.52. The molecule has 1 N–H and O–H groups in total. The summed E-state index contributed by atoms with van der Waals surface area (Å²) in [5.74, 6) is 0.129. The highest BCUT2D eigenvalue weighted by Crippen LogP contribution is 2.34. The lowest BCUT2D eigenvalue weighted by molar-refractivity contribution is 0.480. The van der Waals surface area contributed by atoms with Crippen molar-refractivity contribution < 1.29 is 5.11 Å². The van der Waals surface area contributed by atoms with E-state index in [1.807, 2.05) is 31.1 Å². The lowest BCUT2D eigenvalue weighted by Gasteiger charge is -2.12. The molecule has 26 heavy (non-hydrogen) atoms. The second kappa shape index (κ2) is 5.46. The summed E-state index contributed by atoms with van der Waals surface area (Å²) in [5.41, 5.74) is 4.55. The van der Waals surface area contributed by atoms with Gasteiger partial charge in [-0.1, -0.05) is 60.2 Å². The number of benzene rings is 4. The van der Waals surface area contributed by atoms with Crippen LogP contribution in [0.5, 0.6) is 5.75 Å². The van der Waals surface area contributed by atoms with Gasteiger partial charge in [-0.3, -0.25) is 0 Å². The largest absolute Gasteiger partial charge is 0.506 e. The van der Waals surface area contributed by atoms with Crippen LogP contribution in [0.4, 0.5) is 0 Å². The van der Waals surface area contributed by atoms with Gasteiger partial charge >= 0.3 is 0 Å². The molecule has 0 aliphatic carbocycles. The van der Waals surface area contributed by atoms with Gasteiger partial charge in [-0.05, 0) is 22.9 Å². The van der Waals surface area contributed by atoms with Gasteiger partial charge in [0, 0.05) is 10.8 Å². The third-order valence-electron chi connectivity index (χ3n) is 4.89. The van der Waals surface area contributed by atoms with Crippen LogP contribution in [0.25, 0.3) is 43.6 Å². The zero-order valence-electron chi connectivity index (χ0n) is 14.2. The number of para-hydroxylation sites is 1. The molecule has 0 aliphatic rings. The molecule has 0 fully saturated rings. The van der Waals surface area contributed by atoms with Crippen molar-refractivity contribution in [3.05, 3.63) is 54.6 Å². The fraction of sp³-hybridized carbons (Fsp3) is 0.0476. The van der Waals surface area contributed by atoms with E-state index in [0.717, 1.165) is 38.0 Å². The van der Waals surface area contributed by atoms with E-state index in [1.165, 1.54) is 0 Å². The van der Waals surface area contributed by atoms with Crippen LogP contribution in [0.3, 0.4) is 0 Å². The third kappa shape index (κ3) is 2.10. The predicted octanol–water partition coefficient (Wildman–Crippen LogP) is 2.97. The summed E-state index contributed by atoms with van der Waals surface area (Å²) in [7, 11) is 8.11. The number of hydrogen-bond donors (Lipinski definition) is 1. The molecule has 3 nitrogen and oxygen atoms in total. The van der Waals surface area contributed by atoms with Gasteiger partial charge in [-0.25, -0.2) is 9.97 Å². The van der Waals surface area contributed by atoms with E-state index in [-0.39, 0.29) is 5.75 Å². The first kappa shape index (κ1) is 15.2. The summed E-state index contributed by atoms with van der Waals surface area (Å²) in [4.78, 5) is 9.62. The fourth-order valence-electron chi connectivity index (χ4n) is 3.60. The van der Waals surface area contributed by atoms with E-state index < -0.39 is 0 Å². The Morgan fingerprint density at radius 2 is 1.54 bits per heavy atom. The lowest BCUT2D eigenvalue weighted by Crippen LogP contribution is -2.09. The molecule has 5 aromatic rings. The van der Waals surface area contributed by atoms with Gasteiger partial charge in [-0.15, -0.1) is 0 Å². The number of phenols is 1. The summed E-state index contributed by atoms with van der Waals surface area (Å²) < 4.78 is 0. The molecular weight excluding hydrogens is 318 g/mol. The van der Waals surface area contributed by atoms with Crippen LogP contribution in [0.15, 0.2) is 54.6 Å². The van der Waals surface area contributed by atoms with E-state index in [4.69, 9.17) is 17.8 Å². The summed E-state index contributed by atoms with van der Waals surface area (Å²) >= 11 is 0. The average Bonchev–Trinajstić information content (AvgIpc) is 2.67. The van der Waals surface area contributed by atoms with Crippen molar-refractivity contribution in [3.63, 3.8) is 0 Å².